The molecule has 1 aliphatic carbocycles. The summed E-state index contributed by atoms with van der Waals surface area (Å²) in [5.41, 5.74) is -0.436. The molecule has 1 aliphatic rings. The molecule has 2 N–H and O–H groups in total. The largest absolute Gasteiger partial charge is 0.444 e. The first-order valence-corrected chi connectivity index (χ1v) is 8.01. The molecule has 0 bridgehead atoms. The summed E-state index contributed by atoms with van der Waals surface area (Å²) in [7, 11) is 0. The van der Waals surface area contributed by atoms with Gasteiger partial charge in [0.1, 0.15) is 5.60 Å². The highest BCUT2D eigenvalue weighted by atomic mass is 16.6. The zero-order valence-corrected chi connectivity index (χ0v) is 13.8. The van der Waals surface area contributed by atoms with Gasteiger partial charge in [-0.15, -0.1) is 0 Å². The second-order valence-corrected chi connectivity index (χ2v) is 7.23. The van der Waals surface area contributed by atoms with Gasteiger partial charge in [-0.1, -0.05) is 33.1 Å². The highest BCUT2D eigenvalue weighted by molar-refractivity contribution is 5.67. The monoisotopic (exact) mass is 284 g/mol. The Balaban J connectivity index is 2.36. The average molecular weight is 284 g/mol. The lowest BCUT2D eigenvalue weighted by molar-refractivity contribution is 0.0517. The molecule has 1 rings (SSSR count). The van der Waals surface area contributed by atoms with E-state index in [9.17, 15) is 4.79 Å². The molecule has 0 heterocycles. The normalized spacial score (nSPS) is 18.9. The predicted molar refractivity (Wildman–Crippen MR) is 82.9 cm³/mol. The van der Waals surface area contributed by atoms with E-state index in [4.69, 9.17) is 4.74 Å². The smallest absolute Gasteiger partial charge is 0.407 e. The van der Waals surface area contributed by atoms with E-state index in [1.54, 1.807) is 0 Å². The summed E-state index contributed by atoms with van der Waals surface area (Å²) in [6.07, 6.45) is 6.20. The number of rotatable bonds is 5. The minimum atomic E-state index is -0.436. The second-order valence-electron chi connectivity index (χ2n) is 7.23. The van der Waals surface area contributed by atoms with E-state index in [1.807, 2.05) is 20.8 Å². The third-order valence-corrected chi connectivity index (χ3v) is 3.72. The van der Waals surface area contributed by atoms with Crippen molar-refractivity contribution in [3.8, 4) is 0 Å². The standard InChI is InChI=1S/C16H32N2O2/c1-12(2)14(18-13-9-7-6-8-10-13)11-17-15(19)20-16(3,4)5/h12-14,18H,6-11H2,1-5H3,(H,17,19). The summed E-state index contributed by atoms with van der Waals surface area (Å²) in [4.78, 5) is 11.7. The Bertz CT molecular complexity index is 291. The van der Waals surface area contributed by atoms with Crippen LogP contribution in [0.2, 0.25) is 0 Å². The maximum Gasteiger partial charge on any atom is 0.407 e. The van der Waals surface area contributed by atoms with Gasteiger partial charge in [0, 0.05) is 18.6 Å². The summed E-state index contributed by atoms with van der Waals surface area (Å²) in [6, 6.07) is 0.919. The minimum absolute atomic E-state index is 0.311. The van der Waals surface area contributed by atoms with Crippen molar-refractivity contribution in [3.63, 3.8) is 0 Å². The Morgan fingerprint density at radius 1 is 1.20 bits per heavy atom. The minimum Gasteiger partial charge on any atom is -0.444 e. The average Bonchev–Trinajstić information content (AvgIpc) is 2.33. The van der Waals surface area contributed by atoms with Gasteiger partial charge in [-0.05, 0) is 39.5 Å². The van der Waals surface area contributed by atoms with Crippen molar-refractivity contribution in [2.75, 3.05) is 6.54 Å². The third kappa shape index (κ3) is 7.13. The van der Waals surface area contributed by atoms with E-state index in [2.05, 4.69) is 24.5 Å². The zero-order valence-electron chi connectivity index (χ0n) is 13.8. The topological polar surface area (TPSA) is 50.4 Å². The quantitative estimate of drug-likeness (QED) is 0.813. The van der Waals surface area contributed by atoms with Gasteiger partial charge in [-0.25, -0.2) is 4.79 Å². The molecule has 0 aromatic carbocycles. The van der Waals surface area contributed by atoms with Crippen LogP contribution in [0, 0.1) is 5.92 Å². The summed E-state index contributed by atoms with van der Waals surface area (Å²) >= 11 is 0. The first-order chi connectivity index (χ1) is 9.28. The highest BCUT2D eigenvalue weighted by Gasteiger charge is 2.22. The van der Waals surface area contributed by atoms with Gasteiger partial charge in [-0.3, -0.25) is 0 Å². The number of carbonyl (C=O) groups is 1. The van der Waals surface area contributed by atoms with Crippen LogP contribution in [0.15, 0.2) is 0 Å². The molecule has 0 aliphatic heterocycles. The van der Waals surface area contributed by atoms with Crippen LogP contribution in [0.5, 0.6) is 0 Å². The van der Waals surface area contributed by atoms with E-state index >= 15 is 0 Å². The molecule has 1 amide bonds. The van der Waals surface area contributed by atoms with Crippen LogP contribution >= 0.6 is 0 Å². The number of alkyl carbamates (subject to hydrolysis) is 1. The Kier molecular flexibility index (Phi) is 6.80. The van der Waals surface area contributed by atoms with Gasteiger partial charge in [0.2, 0.25) is 0 Å². The SMILES string of the molecule is CC(C)C(CNC(=O)OC(C)(C)C)NC1CCCCC1. The van der Waals surface area contributed by atoms with Crippen LogP contribution < -0.4 is 10.6 Å². The Morgan fingerprint density at radius 2 is 1.80 bits per heavy atom. The molecule has 20 heavy (non-hydrogen) atoms. The first kappa shape index (κ1) is 17.3. The van der Waals surface area contributed by atoms with Crippen LogP contribution in [-0.4, -0.2) is 30.3 Å². The molecule has 0 spiro atoms. The van der Waals surface area contributed by atoms with Crippen molar-refractivity contribution in [3.05, 3.63) is 0 Å². The summed E-state index contributed by atoms with van der Waals surface area (Å²) in [6.45, 7) is 10.7. The van der Waals surface area contributed by atoms with Gasteiger partial charge in [0.15, 0.2) is 0 Å². The van der Waals surface area contributed by atoms with Crippen LogP contribution in [0.3, 0.4) is 0 Å². The van der Waals surface area contributed by atoms with Crippen molar-refractivity contribution in [1.82, 2.24) is 10.6 Å². The maximum atomic E-state index is 11.7. The van der Waals surface area contributed by atoms with Crippen LogP contribution in [0.4, 0.5) is 4.79 Å². The Morgan fingerprint density at radius 3 is 2.30 bits per heavy atom. The number of carbonyl (C=O) groups excluding carboxylic acids is 1. The first-order valence-electron chi connectivity index (χ1n) is 8.01. The fraction of sp³-hybridized carbons (Fsp3) is 0.938. The molecular formula is C16H32N2O2. The molecule has 1 unspecified atom stereocenters. The lowest BCUT2D eigenvalue weighted by Gasteiger charge is -2.31. The van der Waals surface area contributed by atoms with Crippen LogP contribution in [-0.2, 0) is 4.74 Å². The van der Waals surface area contributed by atoms with Gasteiger partial charge < -0.3 is 15.4 Å². The second kappa shape index (κ2) is 7.87. The molecular weight excluding hydrogens is 252 g/mol. The van der Waals surface area contributed by atoms with Gasteiger partial charge in [0.25, 0.3) is 0 Å². The number of amides is 1. The summed E-state index contributed by atoms with van der Waals surface area (Å²) in [5, 5.41) is 6.59. The van der Waals surface area contributed by atoms with Gasteiger partial charge >= 0.3 is 6.09 Å². The van der Waals surface area contributed by atoms with E-state index in [0.29, 0.717) is 24.5 Å². The van der Waals surface area contributed by atoms with Crippen molar-refractivity contribution in [1.29, 1.82) is 0 Å². The van der Waals surface area contributed by atoms with Gasteiger partial charge in [-0.2, -0.15) is 0 Å². The van der Waals surface area contributed by atoms with Crippen LogP contribution in [0.1, 0.15) is 66.7 Å². The lowest BCUT2D eigenvalue weighted by Crippen LogP contribution is -2.49. The predicted octanol–water partition coefficient (Wildman–Crippen LogP) is 3.46. The van der Waals surface area contributed by atoms with Crippen molar-refractivity contribution in [2.45, 2.75) is 84.4 Å². The molecule has 118 valence electrons. The fourth-order valence-corrected chi connectivity index (χ4v) is 2.57. The van der Waals surface area contributed by atoms with Crippen molar-refractivity contribution >= 4 is 6.09 Å². The van der Waals surface area contributed by atoms with E-state index in [-0.39, 0.29) is 6.09 Å². The summed E-state index contributed by atoms with van der Waals surface area (Å²) < 4.78 is 5.28. The molecule has 0 aromatic rings. The molecule has 1 fully saturated rings. The van der Waals surface area contributed by atoms with Crippen molar-refractivity contribution in [2.24, 2.45) is 5.92 Å². The lowest BCUT2D eigenvalue weighted by atomic mass is 9.93. The Hall–Kier alpha value is -0.770. The fourth-order valence-electron chi connectivity index (χ4n) is 2.57. The molecule has 1 saturated carbocycles. The summed E-state index contributed by atoms with van der Waals surface area (Å²) in [5.74, 6) is 0.492. The Labute approximate surface area is 124 Å². The van der Waals surface area contributed by atoms with Gasteiger partial charge in [0.05, 0.1) is 0 Å². The molecule has 0 aromatic heterocycles. The van der Waals surface area contributed by atoms with Crippen molar-refractivity contribution < 1.29 is 9.53 Å². The molecule has 1 atom stereocenters. The van der Waals surface area contributed by atoms with E-state index in [1.165, 1.54) is 32.1 Å². The highest BCUT2D eigenvalue weighted by Crippen LogP contribution is 2.19. The molecule has 0 radical (unpaired) electrons. The van der Waals surface area contributed by atoms with E-state index in [0.717, 1.165) is 0 Å². The number of hydrogen-bond acceptors (Lipinski definition) is 3. The number of nitrogens with one attached hydrogen (secondary N) is 2. The molecule has 4 heteroatoms. The third-order valence-electron chi connectivity index (χ3n) is 3.72. The molecule has 4 nitrogen and oxygen atoms in total. The van der Waals surface area contributed by atoms with Crippen LogP contribution in [0.25, 0.3) is 0 Å². The number of ether oxygens (including phenoxy) is 1. The maximum absolute atomic E-state index is 11.7. The van der Waals surface area contributed by atoms with E-state index < -0.39 is 5.60 Å². The zero-order chi connectivity index (χ0) is 15.2. The number of hydrogen-bond donors (Lipinski definition) is 2. The molecule has 0 saturated heterocycles.